The fraction of sp³-hybridized carbons (Fsp3) is 0.333. The average molecular weight is 406 g/mol. The lowest BCUT2D eigenvalue weighted by atomic mass is 10.0. The van der Waals surface area contributed by atoms with Crippen molar-refractivity contribution in [2.24, 2.45) is 0 Å². The van der Waals surface area contributed by atoms with Crippen LogP contribution in [0, 0.1) is 6.92 Å². The fourth-order valence-corrected chi connectivity index (χ4v) is 3.74. The quantitative estimate of drug-likeness (QED) is 0.615. The normalized spacial score (nSPS) is 17.0. The highest BCUT2D eigenvalue weighted by atomic mass is 16.5. The highest BCUT2D eigenvalue weighted by molar-refractivity contribution is 5.73. The molecule has 0 radical (unpaired) electrons. The Hall–Kier alpha value is -3.12. The molecular weight excluding hydrogens is 380 g/mol. The predicted octanol–water partition coefficient (Wildman–Crippen LogP) is 4.67. The van der Waals surface area contributed by atoms with Gasteiger partial charge in [0.25, 0.3) is 0 Å². The van der Waals surface area contributed by atoms with E-state index in [1.807, 2.05) is 60.4 Å². The van der Waals surface area contributed by atoms with E-state index in [0.717, 1.165) is 48.4 Å². The number of carboxylic acid groups (broad SMARTS) is 1. The molecule has 1 atom stereocenters. The smallest absolute Gasteiger partial charge is 0.320 e. The molecule has 1 N–H and O–H groups in total. The highest BCUT2D eigenvalue weighted by Gasteiger charge is 2.28. The Morgan fingerprint density at radius 2 is 1.93 bits per heavy atom. The number of hydrogen-bond acceptors (Lipinski definition) is 5. The Bertz CT molecular complexity index is 979. The average Bonchev–Trinajstić information content (AvgIpc) is 3.23. The largest absolute Gasteiger partial charge is 0.487 e. The van der Waals surface area contributed by atoms with Gasteiger partial charge in [0.15, 0.2) is 0 Å². The zero-order valence-corrected chi connectivity index (χ0v) is 17.1. The molecule has 0 aliphatic carbocycles. The van der Waals surface area contributed by atoms with Gasteiger partial charge in [0.05, 0.1) is 0 Å². The van der Waals surface area contributed by atoms with Crippen LogP contribution in [0.4, 0.5) is 0 Å². The predicted molar refractivity (Wildman–Crippen MR) is 113 cm³/mol. The summed E-state index contributed by atoms with van der Waals surface area (Å²) >= 11 is 0. The summed E-state index contributed by atoms with van der Waals surface area (Å²) in [7, 11) is 0. The Morgan fingerprint density at radius 1 is 1.17 bits per heavy atom. The number of piperidine rings is 1. The molecule has 1 saturated heterocycles. The number of benzene rings is 2. The molecular formula is C24H26N2O4. The first kappa shape index (κ1) is 20.2. The number of carbonyl (C=O) groups is 1. The minimum absolute atomic E-state index is 0.321. The number of carboxylic acids is 1. The van der Waals surface area contributed by atoms with E-state index in [1.165, 1.54) is 5.56 Å². The van der Waals surface area contributed by atoms with Crippen LogP contribution in [0.2, 0.25) is 0 Å². The van der Waals surface area contributed by atoms with Crippen LogP contribution >= 0.6 is 0 Å². The summed E-state index contributed by atoms with van der Waals surface area (Å²) in [5.74, 6) is 0.595. The lowest BCUT2D eigenvalue weighted by Gasteiger charge is -2.32. The number of aryl methyl sites for hydroxylation is 1. The van der Waals surface area contributed by atoms with Crippen LogP contribution in [0.15, 0.2) is 59.2 Å². The number of likely N-dealkylation sites (tertiary alicyclic amines) is 1. The number of hydrogen-bond donors (Lipinski definition) is 1. The molecule has 4 rings (SSSR count). The molecule has 0 saturated carbocycles. The zero-order chi connectivity index (χ0) is 20.9. The second kappa shape index (κ2) is 9.13. The van der Waals surface area contributed by atoms with E-state index >= 15 is 0 Å². The maximum absolute atomic E-state index is 11.5. The number of aromatic nitrogens is 1. The second-order valence-electron chi connectivity index (χ2n) is 7.76. The van der Waals surface area contributed by atoms with Gasteiger partial charge in [-0.15, -0.1) is 0 Å². The van der Waals surface area contributed by atoms with Gasteiger partial charge in [-0.3, -0.25) is 9.69 Å². The summed E-state index contributed by atoms with van der Waals surface area (Å²) in [5, 5.41) is 9.42. The summed E-state index contributed by atoms with van der Waals surface area (Å²) in [6, 6.07) is 15.5. The number of rotatable bonds is 7. The minimum atomic E-state index is -0.729. The van der Waals surface area contributed by atoms with Crippen LogP contribution in [0.3, 0.4) is 0 Å². The summed E-state index contributed by atoms with van der Waals surface area (Å²) < 4.78 is 11.4. The number of aliphatic carboxylic acids is 1. The standard InChI is InChI=1S/C24H26N2O4/c1-17-5-9-19(10-6-17)23-25-20(16-30-23)15-29-21-11-7-18(8-12-21)14-26-13-3-2-4-22(26)24(27)28/h5-12,16,22H,2-4,13-15H2,1H3,(H,27,28). The molecule has 2 aromatic carbocycles. The van der Waals surface area contributed by atoms with E-state index in [1.54, 1.807) is 6.26 Å². The molecule has 0 bridgehead atoms. The highest BCUT2D eigenvalue weighted by Crippen LogP contribution is 2.23. The van der Waals surface area contributed by atoms with Crippen molar-refractivity contribution in [1.82, 2.24) is 9.88 Å². The molecule has 1 aromatic heterocycles. The van der Waals surface area contributed by atoms with E-state index in [0.29, 0.717) is 19.0 Å². The molecule has 3 aromatic rings. The molecule has 1 fully saturated rings. The maximum atomic E-state index is 11.5. The molecule has 30 heavy (non-hydrogen) atoms. The van der Waals surface area contributed by atoms with Gasteiger partial charge in [-0.2, -0.15) is 0 Å². The van der Waals surface area contributed by atoms with Crippen molar-refractivity contribution in [1.29, 1.82) is 0 Å². The molecule has 1 aliphatic heterocycles. The summed E-state index contributed by atoms with van der Waals surface area (Å²) in [4.78, 5) is 18.0. The first-order chi connectivity index (χ1) is 14.6. The Labute approximate surface area is 176 Å². The van der Waals surface area contributed by atoms with Crippen LogP contribution in [0.25, 0.3) is 11.5 Å². The lowest BCUT2D eigenvalue weighted by molar-refractivity contribution is -0.144. The van der Waals surface area contributed by atoms with Gasteiger partial charge in [0.2, 0.25) is 5.89 Å². The van der Waals surface area contributed by atoms with E-state index in [-0.39, 0.29) is 6.04 Å². The number of ether oxygens (including phenoxy) is 1. The van der Waals surface area contributed by atoms with Crippen molar-refractivity contribution in [3.8, 4) is 17.2 Å². The molecule has 1 aliphatic rings. The fourth-order valence-electron chi connectivity index (χ4n) is 3.74. The van der Waals surface area contributed by atoms with E-state index < -0.39 is 5.97 Å². The Kier molecular flexibility index (Phi) is 6.14. The van der Waals surface area contributed by atoms with Gasteiger partial charge in [-0.05, 0) is 56.1 Å². The molecule has 6 heteroatoms. The maximum Gasteiger partial charge on any atom is 0.320 e. The van der Waals surface area contributed by atoms with Crippen molar-refractivity contribution in [3.63, 3.8) is 0 Å². The topological polar surface area (TPSA) is 75.8 Å². The second-order valence-corrected chi connectivity index (χ2v) is 7.76. The third-order valence-electron chi connectivity index (χ3n) is 5.44. The SMILES string of the molecule is Cc1ccc(-c2nc(COc3ccc(CN4CCCCC4C(=O)O)cc3)co2)cc1. The van der Waals surface area contributed by atoms with E-state index in [9.17, 15) is 9.90 Å². The van der Waals surface area contributed by atoms with Crippen LogP contribution < -0.4 is 4.74 Å². The third kappa shape index (κ3) is 4.89. The molecule has 6 nitrogen and oxygen atoms in total. The first-order valence-electron chi connectivity index (χ1n) is 10.3. The summed E-state index contributed by atoms with van der Waals surface area (Å²) in [5.41, 5.74) is 3.94. The van der Waals surface area contributed by atoms with E-state index in [4.69, 9.17) is 9.15 Å². The van der Waals surface area contributed by atoms with Crippen molar-refractivity contribution in [2.45, 2.75) is 45.4 Å². The molecule has 156 valence electrons. The third-order valence-corrected chi connectivity index (χ3v) is 5.44. The van der Waals surface area contributed by atoms with Gasteiger partial charge in [0.1, 0.15) is 30.4 Å². The molecule has 0 amide bonds. The lowest BCUT2D eigenvalue weighted by Crippen LogP contribution is -2.43. The van der Waals surface area contributed by atoms with Gasteiger partial charge in [-0.1, -0.05) is 36.2 Å². The minimum Gasteiger partial charge on any atom is -0.487 e. The number of oxazole rings is 1. The molecule has 1 unspecified atom stereocenters. The van der Waals surface area contributed by atoms with Crippen LogP contribution in [0.1, 0.15) is 36.1 Å². The van der Waals surface area contributed by atoms with E-state index in [2.05, 4.69) is 4.98 Å². The van der Waals surface area contributed by atoms with Crippen molar-refractivity contribution in [2.75, 3.05) is 6.54 Å². The van der Waals surface area contributed by atoms with Crippen molar-refractivity contribution in [3.05, 3.63) is 71.6 Å². The van der Waals surface area contributed by atoms with Crippen LogP contribution in [0.5, 0.6) is 5.75 Å². The Balaban J connectivity index is 1.33. The van der Waals surface area contributed by atoms with Gasteiger partial charge >= 0.3 is 5.97 Å². The van der Waals surface area contributed by atoms with Crippen molar-refractivity contribution < 1.29 is 19.1 Å². The molecule has 2 heterocycles. The van der Waals surface area contributed by atoms with Gasteiger partial charge in [-0.25, -0.2) is 4.98 Å². The van der Waals surface area contributed by atoms with Crippen molar-refractivity contribution >= 4 is 5.97 Å². The Morgan fingerprint density at radius 3 is 2.67 bits per heavy atom. The van der Waals surface area contributed by atoms with Crippen LogP contribution in [-0.2, 0) is 17.9 Å². The molecule has 0 spiro atoms. The zero-order valence-electron chi connectivity index (χ0n) is 17.1. The summed E-state index contributed by atoms with van der Waals surface area (Å²) in [6.45, 7) is 3.83. The monoisotopic (exact) mass is 406 g/mol. The number of nitrogens with zero attached hydrogens (tertiary/aromatic N) is 2. The van der Waals surface area contributed by atoms with Crippen LogP contribution in [-0.4, -0.2) is 33.5 Å². The van der Waals surface area contributed by atoms with Gasteiger partial charge < -0.3 is 14.3 Å². The van der Waals surface area contributed by atoms with Gasteiger partial charge in [0, 0.05) is 12.1 Å². The first-order valence-corrected chi connectivity index (χ1v) is 10.3. The summed E-state index contributed by atoms with van der Waals surface area (Å²) in [6.07, 6.45) is 4.37.